The van der Waals surface area contributed by atoms with Crippen molar-refractivity contribution in [2.24, 2.45) is 5.73 Å². The van der Waals surface area contributed by atoms with Crippen molar-refractivity contribution >= 4 is 0 Å². The summed E-state index contributed by atoms with van der Waals surface area (Å²) in [4.78, 5) is 0. The molecule has 0 aliphatic carbocycles. The molecule has 4 heteroatoms. The highest BCUT2D eigenvalue weighted by molar-refractivity contribution is 5.26. The lowest BCUT2D eigenvalue weighted by molar-refractivity contribution is 0.241. The van der Waals surface area contributed by atoms with Gasteiger partial charge in [-0.1, -0.05) is 6.07 Å². The molecule has 0 fully saturated rings. The van der Waals surface area contributed by atoms with Gasteiger partial charge in [0.25, 0.3) is 0 Å². The number of aliphatic hydroxyl groups is 1. The molecule has 0 aromatic heterocycles. The van der Waals surface area contributed by atoms with Gasteiger partial charge in [-0.15, -0.1) is 0 Å². The lowest BCUT2D eigenvalue weighted by atomic mass is 9.89. The van der Waals surface area contributed by atoms with Gasteiger partial charge in [0.1, 0.15) is 11.6 Å². The van der Waals surface area contributed by atoms with Crippen LogP contribution in [-0.2, 0) is 5.54 Å². The summed E-state index contributed by atoms with van der Waals surface area (Å²) in [5.74, 6) is -1.35. The smallest absolute Gasteiger partial charge is 0.131 e. The van der Waals surface area contributed by atoms with E-state index in [-0.39, 0.29) is 18.6 Å². The SMILES string of the molecule is C[C@](N)(CCO)c1c(F)cccc1F. The van der Waals surface area contributed by atoms with E-state index >= 15 is 0 Å². The van der Waals surface area contributed by atoms with E-state index in [9.17, 15) is 8.78 Å². The topological polar surface area (TPSA) is 46.2 Å². The zero-order valence-corrected chi connectivity index (χ0v) is 7.93. The third kappa shape index (κ3) is 2.08. The Morgan fingerprint density at radius 3 is 2.29 bits per heavy atom. The highest BCUT2D eigenvalue weighted by Crippen LogP contribution is 2.26. The molecule has 0 unspecified atom stereocenters. The number of aliphatic hydroxyl groups excluding tert-OH is 1. The fourth-order valence-corrected chi connectivity index (χ4v) is 1.40. The molecule has 1 aromatic carbocycles. The largest absolute Gasteiger partial charge is 0.396 e. The lowest BCUT2D eigenvalue weighted by Gasteiger charge is -2.25. The zero-order valence-electron chi connectivity index (χ0n) is 7.93. The Balaban J connectivity index is 3.17. The van der Waals surface area contributed by atoms with Gasteiger partial charge >= 0.3 is 0 Å². The van der Waals surface area contributed by atoms with Crippen LogP contribution >= 0.6 is 0 Å². The molecular weight excluding hydrogens is 188 g/mol. The Morgan fingerprint density at radius 1 is 1.36 bits per heavy atom. The van der Waals surface area contributed by atoms with Crippen molar-refractivity contribution in [1.29, 1.82) is 0 Å². The molecule has 2 nitrogen and oxygen atoms in total. The molecule has 1 rings (SSSR count). The molecule has 0 saturated heterocycles. The van der Waals surface area contributed by atoms with Gasteiger partial charge in [0, 0.05) is 17.7 Å². The quantitative estimate of drug-likeness (QED) is 0.778. The summed E-state index contributed by atoms with van der Waals surface area (Å²) in [5, 5.41) is 8.72. The summed E-state index contributed by atoms with van der Waals surface area (Å²) >= 11 is 0. The van der Waals surface area contributed by atoms with Crippen molar-refractivity contribution in [3.63, 3.8) is 0 Å². The number of hydrogen-bond acceptors (Lipinski definition) is 2. The van der Waals surface area contributed by atoms with E-state index in [4.69, 9.17) is 10.8 Å². The number of hydrogen-bond donors (Lipinski definition) is 2. The summed E-state index contributed by atoms with van der Waals surface area (Å²) in [6.07, 6.45) is 0.116. The normalized spacial score (nSPS) is 15.2. The first-order valence-corrected chi connectivity index (χ1v) is 4.33. The van der Waals surface area contributed by atoms with E-state index < -0.39 is 17.2 Å². The van der Waals surface area contributed by atoms with Gasteiger partial charge in [-0.3, -0.25) is 0 Å². The molecule has 0 spiro atoms. The van der Waals surface area contributed by atoms with Gasteiger partial charge in [-0.25, -0.2) is 8.78 Å². The van der Waals surface area contributed by atoms with Crippen LogP contribution in [-0.4, -0.2) is 11.7 Å². The van der Waals surface area contributed by atoms with Crippen LogP contribution in [0.5, 0.6) is 0 Å². The van der Waals surface area contributed by atoms with Gasteiger partial charge < -0.3 is 10.8 Å². The van der Waals surface area contributed by atoms with Crippen LogP contribution < -0.4 is 5.73 Å². The standard InChI is InChI=1S/C10H13F2NO/c1-10(13,5-6-14)9-7(11)3-2-4-8(9)12/h2-4,14H,5-6,13H2,1H3/t10-/m0/s1. The van der Waals surface area contributed by atoms with Gasteiger partial charge in [-0.05, 0) is 25.5 Å². The monoisotopic (exact) mass is 201 g/mol. The first kappa shape index (κ1) is 11.1. The minimum absolute atomic E-state index is 0.116. The van der Waals surface area contributed by atoms with Crippen LogP contribution in [0.2, 0.25) is 0 Å². The second-order valence-corrected chi connectivity index (χ2v) is 3.49. The number of rotatable bonds is 3. The summed E-state index contributed by atoms with van der Waals surface area (Å²) in [7, 11) is 0. The number of nitrogens with two attached hydrogens (primary N) is 1. The minimum atomic E-state index is -1.18. The average Bonchev–Trinajstić information content (AvgIpc) is 2.02. The van der Waals surface area contributed by atoms with Gasteiger partial charge in [0.05, 0.1) is 0 Å². The lowest BCUT2D eigenvalue weighted by Crippen LogP contribution is -2.36. The molecule has 0 aliphatic rings. The van der Waals surface area contributed by atoms with Gasteiger partial charge in [0.2, 0.25) is 0 Å². The molecule has 1 atom stereocenters. The predicted octanol–water partition coefficient (Wildman–Crippen LogP) is 1.52. The summed E-state index contributed by atoms with van der Waals surface area (Å²) in [5.41, 5.74) is 4.36. The van der Waals surface area contributed by atoms with Gasteiger partial charge in [0.15, 0.2) is 0 Å². The highest BCUT2D eigenvalue weighted by atomic mass is 19.1. The third-order valence-electron chi connectivity index (χ3n) is 2.17. The molecule has 0 bridgehead atoms. The Kier molecular flexibility index (Phi) is 3.18. The van der Waals surface area contributed by atoms with E-state index in [1.807, 2.05) is 0 Å². The minimum Gasteiger partial charge on any atom is -0.396 e. The van der Waals surface area contributed by atoms with E-state index in [2.05, 4.69) is 0 Å². The molecule has 0 amide bonds. The maximum absolute atomic E-state index is 13.3. The predicted molar refractivity (Wildman–Crippen MR) is 49.6 cm³/mol. The maximum atomic E-state index is 13.3. The molecule has 78 valence electrons. The van der Waals surface area contributed by atoms with Crippen LogP contribution in [0.3, 0.4) is 0 Å². The third-order valence-corrected chi connectivity index (χ3v) is 2.17. The molecule has 0 saturated carbocycles. The molecule has 0 heterocycles. The zero-order chi connectivity index (χ0) is 10.8. The first-order chi connectivity index (χ1) is 6.49. The fraction of sp³-hybridized carbons (Fsp3) is 0.400. The highest BCUT2D eigenvalue weighted by Gasteiger charge is 2.27. The summed E-state index contributed by atoms with van der Waals surface area (Å²) < 4.78 is 26.5. The second kappa shape index (κ2) is 4.02. The Labute approximate surface area is 81.4 Å². The van der Waals surface area contributed by atoms with Crippen molar-refractivity contribution in [3.8, 4) is 0 Å². The molecule has 0 aliphatic heterocycles. The van der Waals surface area contributed by atoms with Crippen molar-refractivity contribution < 1.29 is 13.9 Å². The van der Waals surface area contributed by atoms with Crippen molar-refractivity contribution in [3.05, 3.63) is 35.4 Å². The molecule has 14 heavy (non-hydrogen) atoms. The Morgan fingerprint density at radius 2 is 1.86 bits per heavy atom. The maximum Gasteiger partial charge on any atom is 0.131 e. The van der Waals surface area contributed by atoms with Crippen molar-refractivity contribution in [1.82, 2.24) is 0 Å². The van der Waals surface area contributed by atoms with Crippen LogP contribution in [0.15, 0.2) is 18.2 Å². The summed E-state index contributed by atoms with van der Waals surface area (Å²) in [6, 6.07) is 3.59. The molecule has 3 N–H and O–H groups in total. The molecule has 0 radical (unpaired) electrons. The summed E-state index contributed by atoms with van der Waals surface area (Å²) in [6.45, 7) is 1.28. The van der Waals surface area contributed by atoms with E-state index in [1.54, 1.807) is 0 Å². The fourth-order valence-electron chi connectivity index (χ4n) is 1.40. The number of halogens is 2. The second-order valence-electron chi connectivity index (χ2n) is 3.49. The first-order valence-electron chi connectivity index (χ1n) is 4.33. The van der Waals surface area contributed by atoms with Crippen LogP contribution in [0.25, 0.3) is 0 Å². The van der Waals surface area contributed by atoms with Crippen LogP contribution in [0, 0.1) is 11.6 Å². The van der Waals surface area contributed by atoms with E-state index in [0.717, 1.165) is 12.1 Å². The van der Waals surface area contributed by atoms with Crippen molar-refractivity contribution in [2.75, 3.05) is 6.61 Å². The Bertz CT molecular complexity index is 306. The molecule has 1 aromatic rings. The van der Waals surface area contributed by atoms with E-state index in [1.165, 1.54) is 13.0 Å². The van der Waals surface area contributed by atoms with Crippen LogP contribution in [0.1, 0.15) is 18.9 Å². The van der Waals surface area contributed by atoms with Gasteiger partial charge in [-0.2, -0.15) is 0 Å². The van der Waals surface area contributed by atoms with Crippen LogP contribution in [0.4, 0.5) is 8.78 Å². The average molecular weight is 201 g/mol. The van der Waals surface area contributed by atoms with Crippen molar-refractivity contribution in [2.45, 2.75) is 18.9 Å². The molecular formula is C10H13F2NO. The van der Waals surface area contributed by atoms with E-state index in [0.29, 0.717) is 0 Å². The Hall–Kier alpha value is -1.00. The number of benzene rings is 1.